The molecule has 0 aliphatic rings. The Hall–Kier alpha value is -1.31. The van der Waals surface area contributed by atoms with Gasteiger partial charge in [-0.1, -0.05) is 6.58 Å². The van der Waals surface area contributed by atoms with Gasteiger partial charge in [-0.05, 0) is 5.57 Å². The van der Waals surface area contributed by atoms with Crippen molar-refractivity contribution in [1.82, 2.24) is 9.55 Å². The first-order valence-electron chi connectivity index (χ1n) is 3.51. The first kappa shape index (κ1) is 12.7. The molecule has 0 saturated heterocycles. The van der Waals surface area contributed by atoms with Gasteiger partial charge < -0.3 is 9.90 Å². The molecule has 0 aliphatic carbocycles. The van der Waals surface area contributed by atoms with Gasteiger partial charge in [-0.15, -0.1) is 0 Å². The predicted octanol–water partition coefficient (Wildman–Crippen LogP) is -4.45. The molecule has 0 atom stereocenters. The number of carboxylic acids is 1. The van der Waals surface area contributed by atoms with Gasteiger partial charge in [-0.2, -0.15) is 0 Å². The molecule has 0 aliphatic heterocycles. The second-order valence-corrected chi connectivity index (χ2v) is 2.44. The van der Waals surface area contributed by atoms with Crippen LogP contribution in [0, 0.1) is 0 Å². The van der Waals surface area contributed by atoms with Crippen molar-refractivity contribution in [2.75, 3.05) is 0 Å². The van der Waals surface area contributed by atoms with Crippen molar-refractivity contribution in [3.8, 4) is 0 Å². The third-order valence-corrected chi connectivity index (χ3v) is 1.44. The van der Waals surface area contributed by atoms with E-state index in [9.17, 15) is 14.7 Å². The second kappa shape index (κ2) is 5.42. The zero-order chi connectivity index (χ0) is 9.84. The fourth-order valence-corrected chi connectivity index (χ4v) is 0.767. The van der Waals surface area contributed by atoms with Gasteiger partial charge in [0.05, 0.1) is 18.8 Å². The molecule has 0 fully saturated rings. The second-order valence-electron chi connectivity index (χ2n) is 2.44. The number of aliphatic carboxylic acids is 1. The first-order chi connectivity index (χ1) is 6.11. The van der Waals surface area contributed by atoms with Crippen molar-refractivity contribution in [3.05, 3.63) is 41.1 Å². The number of hydrogen-bond acceptors (Lipinski definition) is 4. The Morgan fingerprint density at radius 2 is 2.29 bits per heavy atom. The Morgan fingerprint density at radius 3 is 2.79 bits per heavy atom. The summed E-state index contributed by atoms with van der Waals surface area (Å²) in [6.45, 7) is 3.14. The minimum absolute atomic E-state index is 0. The number of carbonyl (C=O) groups excluding carboxylic acids is 1. The Balaban J connectivity index is 0.00000169. The van der Waals surface area contributed by atoms with Crippen LogP contribution in [-0.4, -0.2) is 15.5 Å². The Morgan fingerprint density at radius 1 is 1.64 bits per heavy atom. The van der Waals surface area contributed by atoms with Gasteiger partial charge in [-0.3, -0.25) is 9.36 Å². The molecule has 1 aromatic rings. The van der Waals surface area contributed by atoms with Crippen LogP contribution in [0.25, 0.3) is 0 Å². The molecule has 5 nitrogen and oxygen atoms in total. The van der Waals surface area contributed by atoms with Gasteiger partial charge in [0.15, 0.2) is 0 Å². The number of aromatic nitrogens is 2. The number of nitrogens with zero attached hydrogens (tertiary/aromatic N) is 2. The molecule has 6 heteroatoms. The van der Waals surface area contributed by atoms with E-state index in [4.69, 9.17) is 0 Å². The monoisotopic (exact) mass is 186 g/mol. The number of rotatable bonds is 3. The third-order valence-electron chi connectivity index (χ3n) is 1.44. The SMILES string of the molecule is C=C(Cn1cnccc1=O)C(=O)[O-].[Li+]. The standard InChI is InChI=1S/C8H8N2O3.Li/c1-6(8(12)13)4-10-5-9-3-2-7(10)11;/h2-3,5H,1,4H2,(H,12,13);/q;+1/p-1. The Bertz CT molecular complexity index is 400. The molecular formula is C8H7LiN2O3. The van der Waals surface area contributed by atoms with Crippen LogP contribution < -0.4 is 29.5 Å². The van der Waals surface area contributed by atoms with E-state index < -0.39 is 5.97 Å². The molecule has 0 aromatic carbocycles. The molecular weight excluding hydrogens is 179 g/mol. The van der Waals surface area contributed by atoms with Crippen molar-refractivity contribution in [2.45, 2.75) is 6.54 Å². The van der Waals surface area contributed by atoms with E-state index in [1.165, 1.54) is 18.6 Å². The van der Waals surface area contributed by atoms with E-state index >= 15 is 0 Å². The van der Waals surface area contributed by atoms with E-state index in [1.54, 1.807) is 0 Å². The van der Waals surface area contributed by atoms with Gasteiger partial charge in [0.2, 0.25) is 0 Å². The van der Waals surface area contributed by atoms with Gasteiger partial charge in [0.1, 0.15) is 0 Å². The van der Waals surface area contributed by atoms with Crippen molar-refractivity contribution in [1.29, 1.82) is 0 Å². The fraction of sp³-hybridized carbons (Fsp3) is 0.125. The molecule has 14 heavy (non-hydrogen) atoms. The van der Waals surface area contributed by atoms with Crippen LogP contribution in [0.4, 0.5) is 0 Å². The normalized spacial score (nSPS) is 8.86. The maximum atomic E-state index is 11.0. The smallest absolute Gasteiger partial charge is 0.545 e. The summed E-state index contributed by atoms with van der Waals surface area (Å²) in [7, 11) is 0. The maximum Gasteiger partial charge on any atom is 1.00 e. The summed E-state index contributed by atoms with van der Waals surface area (Å²) >= 11 is 0. The summed E-state index contributed by atoms with van der Waals surface area (Å²) in [5.41, 5.74) is -0.479. The molecule has 68 valence electrons. The van der Waals surface area contributed by atoms with Crippen molar-refractivity contribution in [3.63, 3.8) is 0 Å². The summed E-state index contributed by atoms with van der Waals surface area (Å²) in [6, 6.07) is 1.24. The molecule has 1 rings (SSSR count). The summed E-state index contributed by atoms with van der Waals surface area (Å²) in [4.78, 5) is 25.0. The zero-order valence-electron chi connectivity index (χ0n) is 7.77. The largest absolute Gasteiger partial charge is 1.00 e. The average Bonchev–Trinajstić information content (AvgIpc) is 2.08. The number of carbonyl (C=O) groups is 1. The van der Waals surface area contributed by atoms with E-state index in [2.05, 4.69) is 11.6 Å². The van der Waals surface area contributed by atoms with Crippen LogP contribution in [0.3, 0.4) is 0 Å². The number of carboxylic acid groups (broad SMARTS) is 1. The van der Waals surface area contributed by atoms with Crippen LogP contribution in [0.1, 0.15) is 0 Å². The van der Waals surface area contributed by atoms with Crippen LogP contribution >= 0.6 is 0 Å². The first-order valence-corrected chi connectivity index (χ1v) is 3.51. The van der Waals surface area contributed by atoms with Crippen LogP contribution in [0.15, 0.2) is 35.5 Å². The molecule has 0 N–H and O–H groups in total. The van der Waals surface area contributed by atoms with E-state index in [0.29, 0.717) is 0 Å². The summed E-state index contributed by atoms with van der Waals surface area (Å²) < 4.78 is 1.14. The van der Waals surface area contributed by atoms with Gasteiger partial charge in [0.25, 0.3) is 5.56 Å². The van der Waals surface area contributed by atoms with Gasteiger partial charge in [-0.25, -0.2) is 4.98 Å². The Kier molecular flexibility index (Phi) is 4.92. The van der Waals surface area contributed by atoms with Crippen LogP contribution in [-0.2, 0) is 11.3 Å². The van der Waals surface area contributed by atoms with Crippen LogP contribution in [0.5, 0.6) is 0 Å². The van der Waals surface area contributed by atoms with Crippen molar-refractivity contribution in [2.24, 2.45) is 0 Å². The fourth-order valence-electron chi connectivity index (χ4n) is 0.767. The van der Waals surface area contributed by atoms with E-state index in [0.717, 1.165) is 4.57 Å². The third kappa shape index (κ3) is 3.21. The van der Waals surface area contributed by atoms with Crippen molar-refractivity contribution < 1.29 is 28.8 Å². The molecule has 0 amide bonds. The minimum atomic E-state index is -1.37. The zero-order valence-corrected chi connectivity index (χ0v) is 7.77. The summed E-state index contributed by atoms with van der Waals surface area (Å²) in [6.07, 6.45) is 2.58. The molecule has 0 unspecified atom stereocenters. The topological polar surface area (TPSA) is 75.0 Å². The van der Waals surface area contributed by atoms with Gasteiger partial charge >= 0.3 is 18.9 Å². The summed E-state index contributed by atoms with van der Waals surface area (Å²) in [5.74, 6) is -1.37. The molecule has 0 spiro atoms. The van der Waals surface area contributed by atoms with Crippen LogP contribution in [0.2, 0.25) is 0 Å². The molecule has 1 aromatic heterocycles. The predicted molar refractivity (Wildman–Crippen MR) is 42.6 cm³/mol. The van der Waals surface area contributed by atoms with E-state index in [-0.39, 0.29) is 36.5 Å². The number of hydrogen-bond donors (Lipinski definition) is 0. The maximum absolute atomic E-state index is 11.0. The average molecular weight is 186 g/mol. The molecule has 0 radical (unpaired) electrons. The molecule has 0 bridgehead atoms. The minimum Gasteiger partial charge on any atom is -0.545 e. The van der Waals surface area contributed by atoms with Gasteiger partial charge in [0, 0.05) is 12.3 Å². The van der Waals surface area contributed by atoms with Crippen molar-refractivity contribution >= 4 is 5.97 Å². The quantitative estimate of drug-likeness (QED) is 0.352. The molecule has 0 saturated carbocycles. The summed E-state index contributed by atoms with van der Waals surface area (Å²) in [5, 5.41) is 10.3. The van der Waals surface area contributed by atoms with E-state index in [1.807, 2.05) is 0 Å². The Labute approximate surface area is 92.3 Å². The molecule has 1 heterocycles.